The van der Waals surface area contributed by atoms with Gasteiger partial charge in [0.2, 0.25) is 26.0 Å². The lowest BCUT2D eigenvalue weighted by molar-refractivity contribution is -0.116. The highest BCUT2D eigenvalue weighted by Gasteiger charge is 2.30. The summed E-state index contributed by atoms with van der Waals surface area (Å²) in [7, 11) is -7.37. The molecule has 11 heteroatoms. The van der Waals surface area contributed by atoms with Crippen LogP contribution in [-0.4, -0.2) is 65.6 Å². The number of anilines is 2. The molecule has 0 unspecified atom stereocenters. The molecule has 174 valence electrons. The third-order valence-corrected chi connectivity index (χ3v) is 8.26. The maximum Gasteiger partial charge on any atom is 0.247 e. The number of nitrogens with one attached hydrogen (secondary N) is 1. The molecule has 0 aromatic heterocycles. The highest BCUT2D eigenvalue weighted by atomic mass is 32.2. The number of rotatable bonds is 7. The Labute approximate surface area is 189 Å². The third kappa shape index (κ3) is 5.47. The lowest BCUT2D eigenvalue weighted by atomic mass is 10.2. The zero-order valence-corrected chi connectivity index (χ0v) is 19.8. The molecule has 1 atom stereocenters. The first-order valence-electron chi connectivity index (χ1n) is 10.0. The van der Waals surface area contributed by atoms with Crippen LogP contribution in [0.1, 0.15) is 12.5 Å². The number of benzene rings is 2. The van der Waals surface area contributed by atoms with Crippen LogP contribution in [0.25, 0.3) is 0 Å². The monoisotopic (exact) mass is 481 g/mol. The van der Waals surface area contributed by atoms with Crippen LogP contribution in [-0.2, 0) is 29.6 Å². The van der Waals surface area contributed by atoms with Crippen molar-refractivity contribution in [1.29, 1.82) is 0 Å². The Kier molecular flexibility index (Phi) is 7.23. The molecule has 0 bridgehead atoms. The molecule has 1 amide bonds. The van der Waals surface area contributed by atoms with Crippen molar-refractivity contribution in [3.8, 4) is 0 Å². The molecule has 0 saturated carbocycles. The van der Waals surface area contributed by atoms with E-state index < -0.39 is 32.0 Å². The molecule has 0 radical (unpaired) electrons. The fourth-order valence-corrected chi connectivity index (χ4v) is 5.98. The van der Waals surface area contributed by atoms with Crippen LogP contribution in [0.3, 0.4) is 0 Å². The summed E-state index contributed by atoms with van der Waals surface area (Å²) >= 11 is 0. The number of sulfonamides is 2. The molecular weight excluding hydrogens is 454 g/mol. The second-order valence-electron chi connectivity index (χ2n) is 7.60. The topological polar surface area (TPSA) is 113 Å². The molecule has 3 rings (SSSR count). The second kappa shape index (κ2) is 9.57. The van der Waals surface area contributed by atoms with Crippen molar-refractivity contribution in [1.82, 2.24) is 4.31 Å². The van der Waals surface area contributed by atoms with Gasteiger partial charge in [-0.05, 0) is 50.2 Å². The van der Waals surface area contributed by atoms with Gasteiger partial charge in [-0.3, -0.25) is 9.10 Å². The highest BCUT2D eigenvalue weighted by molar-refractivity contribution is 7.92. The molecule has 9 nitrogen and oxygen atoms in total. The first-order chi connectivity index (χ1) is 15.0. The summed E-state index contributed by atoms with van der Waals surface area (Å²) in [5.74, 6) is -0.542. The van der Waals surface area contributed by atoms with E-state index in [1.807, 2.05) is 6.92 Å². The fraction of sp³-hybridized carbons (Fsp3) is 0.381. The maximum atomic E-state index is 12.8. The van der Waals surface area contributed by atoms with E-state index in [1.54, 1.807) is 24.3 Å². The summed E-state index contributed by atoms with van der Waals surface area (Å²) in [5, 5.41) is 2.66. The van der Waals surface area contributed by atoms with Gasteiger partial charge in [-0.25, -0.2) is 16.8 Å². The number of nitrogens with zero attached hydrogens (tertiary/aromatic N) is 2. The Morgan fingerprint density at radius 1 is 1.00 bits per heavy atom. The number of hydrogen-bond donors (Lipinski definition) is 1. The summed E-state index contributed by atoms with van der Waals surface area (Å²) < 4.78 is 57.8. The molecular formula is C21H27N3O6S2. The Bertz CT molecular complexity index is 1160. The minimum atomic E-state index is -3.73. The Balaban J connectivity index is 1.76. The van der Waals surface area contributed by atoms with Gasteiger partial charge < -0.3 is 10.1 Å². The number of aryl methyl sites for hydroxylation is 1. The normalized spacial score (nSPS) is 16.3. The number of amides is 1. The minimum absolute atomic E-state index is 0.114. The van der Waals surface area contributed by atoms with E-state index in [9.17, 15) is 21.6 Å². The average molecular weight is 482 g/mol. The van der Waals surface area contributed by atoms with Crippen LogP contribution in [0, 0.1) is 6.92 Å². The largest absolute Gasteiger partial charge is 0.379 e. The standard InChI is InChI=1S/C21H27N3O6S2/c1-16-4-8-19(9-5-16)24(31(3,26)27)17(2)21(25)22-18-6-10-20(11-7-18)32(28,29)23-12-14-30-15-13-23/h4-11,17H,12-15H2,1-3H3,(H,22,25)/t17-/m0/s1. The third-order valence-electron chi connectivity index (χ3n) is 5.11. The quantitative estimate of drug-likeness (QED) is 0.645. The Hall–Kier alpha value is -2.47. The van der Waals surface area contributed by atoms with Crippen LogP contribution < -0.4 is 9.62 Å². The van der Waals surface area contributed by atoms with Crippen LogP contribution in [0.15, 0.2) is 53.4 Å². The number of carbonyl (C=O) groups is 1. The molecule has 2 aromatic rings. The van der Waals surface area contributed by atoms with Gasteiger partial charge in [0.15, 0.2) is 0 Å². The van der Waals surface area contributed by atoms with Gasteiger partial charge in [0.1, 0.15) is 6.04 Å². The van der Waals surface area contributed by atoms with Crippen molar-refractivity contribution < 1.29 is 26.4 Å². The molecule has 1 aliphatic rings. The van der Waals surface area contributed by atoms with E-state index in [4.69, 9.17) is 4.74 Å². The van der Waals surface area contributed by atoms with E-state index in [0.717, 1.165) is 16.1 Å². The van der Waals surface area contributed by atoms with Crippen molar-refractivity contribution in [3.63, 3.8) is 0 Å². The average Bonchev–Trinajstić information content (AvgIpc) is 2.75. The van der Waals surface area contributed by atoms with Gasteiger partial charge in [-0.1, -0.05) is 17.7 Å². The molecule has 1 fully saturated rings. The molecule has 0 aliphatic carbocycles. The molecule has 1 aliphatic heterocycles. The first-order valence-corrected chi connectivity index (χ1v) is 13.3. The predicted molar refractivity (Wildman–Crippen MR) is 123 cm³/mol. The fourth-order valence-electron chi connectivity index (χ4n) is 3.39. The van der Waals surface area contributed by atoms with E-state index in [2.05, 4.69) is 5.32 Å². The summed E-state index contributed by atoms with van der Waals surface area (Å²) in [6, 6.07) is 11.6. The zero-order chi connectivity index (χ0) is 23.5. The van der Waals surface area contributed by atoms with Gasteiger partial charge in [0.05, 0.1) is 30.1 Å². The van der Waals surface area contributed by atoms with E-state index in [0.29, 0.717) is 37.7 Å². The summed E-state index contributed by atoms with van der Waals surface area (Å²) in [5.41, 5.74) is 1.71. The number of hydrogen-bond acceptors (Lipinski definition) is 6. The summed E-state index contributed by atoms with van der Waals surface area (Å²) in [6.45, 7) is 4.66. The van der Waals surface area contributed by atoms with Crippen molar-refractivity contribution in [2.24, 2.45) is 0 Å². The van der Waals surface area contributed by atoms with Crippen molar-refractivity contribution in [2.75, 3.05) is 42.2 Å². The van der Waals surface area contributed by atoms with Crippen molar-refractivity contribution >= 4 is 37.3 Å². The zero-order valence-electron chi connectivity index (χ0n) is 18.2. The molecule has 0 spiro atoms. The molecule has 32 heavy (non-hydrogen) atoms. The van der Waals surface area contributed by atoms with E-state index >= 15 is 0 Å². The van der Waals surface area contributed by atoms with E-state index in [-0.39, 0.29) is 4.90 Å². The van der Waals surface area contributed by atoms with Crippen LogP contribution >= 0.6 is 0 Å². The first kappa shape index (κ1) is 24.2. The van der Waals surface area contributed by atoms with Gasteiger partial charge in [0.25, 0.3) is 0 Å². The van der Waals surface area contributed by atoms with Gasteiger partial charge in [-0.2, -0.15) is 4.31 Å². The molecule has 1 N–H and O–H groups in total. The predicted octanol–water partition coefficient (Wildman–Crippen LogP) is 1.81. The minimum Gasteiger partial charge on any atom is -0.379 e. The summed E-state index contributed by atoms with van der Waals surface area (Å²) in [6.07, 6.45) is 1.04. The van der Waals surface area contributed by atoms with Crippen LogP contribution in [0.4, 0.5) is 11.4 Å². The molecule has 2 aromatic carbocycles. The lowest BCUT2D eigenvalue weighted by Gasteiger charge is -2.28. The molecule has 1 heterocycles. The maximum absolute atomic E-state index is 12.8. The number of carbonyl (C=O) groups excluding carboxylic acids is 1. The lowest BCUT2D eigenvalue weighted by Crippen LogP contribution is -2.45. The second-order valence-corrected chi connectivity index (χ2v) is 11.4. The van der Waals surface area contributed by atoms with E-state index in [1.165, 1.54) is 35.5 Å². The van der Waals surface area contributed by atoms with Crippen molar-refractivity contribution in [2.45, 2.75) is 24.8 Å². The number of ether oxygens (including phenoxy) is 1. The Morgan fingerprint density at radius 2 is 1.56 bits per heavy atom. The Morgan fingerprint density at radius 3 is 2.09 bits per heavy atom. The summed E-state index contributed by atoms with van der Waals surface area (Å²) in [4.78, 5) is 12.9. The van der Waals surface area contributed by atoms with Crippen molar-refractivity contribution in [3.05, 3.63) is 54.1 Å². The van der Waals surface area contributed by atoms with Crippen LogP contribution in [0.5, 0.6) is 0 Å². The van der Waals surface area contributed by atoms with Gasteiger partial charge in [-0.15, -0.1) is 0 Å². The van der Waals surface area contributed by atoms with Gasteiger partial charge >= 0.3 is 0 Å². The smallest absolute Gasteiger partial charge is 0.247 e. The number of morpholine rings is 1. The molecule has 1 saturated heterocycles. The van der Waals surface area contributed by atoms with Crippen LogP contribution in [0.2, 0.25) is 0 Å². The van der Waals surface area contributed by atoms with Gasteiger partial charge in [0, 0.05) is 18.8 Å². The highest BCUT2D eigenvalue weighted by Crippen LogP contribution is 2.23. The SMILES string of the molecule is Cc1ccc(N([C@@H](C)C(=O)Nc2ccc(S(=O)(=O)N3CCOCC3)cc2)S(C)(=O)=O)cc1.